The third-order valence-electron chi connectivity index (χ3n) is 16.2. The normalized spacial score (nSPS) is 27.0. The molecule has 2 aromatic heterocycles. The van der Waals surface area contributed by atoms with Crippen molar-refractivity contribution >= 4 is 98.9 Å². The molecule has 492 valence electrons. The second kappa shape index (κ2) is 30.0. The van der Waals surface area contributed by atoms with Crippen LogP contribution in [0.1, 0.15) is 77.8 Å². The second-order valence-corrected chi connectivity index (χ2v) is 23.1. The molecule has 10 amide bonds. The Bertz CT molecular complexity index is 3460. The Morgan fingerprint density at radius 3 is 1.95 bits per heavy atom. The number of carboxylic acids is 1. The molecule has 3 fully saturated rings. The summed E-state index contributed by atoms with van der Waals surface area (Å²) in [5.41, 5.74) is 6.90. The van der Waals surface area contributed by atoms with Crippen LogP contribution in [0.25, 0.3) is 27.9 Å². The van der Waals surface area contributed by atoms with Crippen molar-refractivity contribution in [1.82, 2.24) is 62.3 Å². The summed E-state index contributed by atoms with van der Waals surface area (Å²) in [6.07, 6.45) is -5.71. The number of carbonyl (C=O) groups is 12. The average molecular weight is 1270 g/mol. The van der Waals surface area contributed by atoms with Gasteiger partial charge in [-0.05, 0) is 63.3 Å². The lowest BCUT2D eigenvalue weighted by Crippen LogP contribution is -2.63. The van der Waals surface area contributed by atoms with Gasteiger partial charge in [0, 0.05) is 58.8 Å². The van der Waals surface area contributed by atoms with Crippen LogP contribution in [0.3, 0.4) is 0 Å². The van der Waals surface area contributed by atoms with Crippen molar-refractivity contribution in [2.24, 2.45) is 11.7 Å². The van der Waals surface area contributed by atoms with Gasteiger partial charge in [0.15, 0.2) is 6.04 Å². The van der Waals surface area contributed by atoms with Gasteiger partial charge in [0.1, 0.15) is 60.1 Å². The van der Waals surface area contributed by atoms with Crippen LogP contribution < -0.4 is 48.3 Å². The molecular formula is C59H77N13O19. The Morgan fingerprint density at radius 1 is 0.725 bits per heavy atom. The van der Waals surface area contributed by atoms with Crippen LogP contribution in [0.5, 0.6) is 0 Å². The maximum absolute atomic E-state index is 15.4. The number of fused-ring (bicyclic) bond motifs is 4. The lowest BCUT2D eigenvalue weighted by Gasteiger charge is -2.33. The molecule has 3 aliphatic heterocycles. The van der Waals surface area contributed by atoms with Gasteiger partial charge < -0.3 is 103 Å². The molecule has 0 spiro atoms. The van der Waals surface area contributed by atoms with E-state index in [0.29, 0.717) is 32.9 Å². The number of aliphatic hydroxyl groups is 5. The molecule has 3 unspecified atom stereocenters. The summed E-state index contributed by atoms with van der Waals surface area (Å²) < 4.78 is 5.75. The number of para-hydroxylation sites is 2. The molecule has 18 N–H and O–H groups in total. The molecule has 0 bridgehead atoms. The standard InChI is InChI=1S/C59H77N13O19/c1-25(2)49(79)46-55(85)67-43(26(3)33-22-62-36-14-10-8-12-32(33)36)52(82)66-37(19-30-21-61-35-13-9-7-11-31(30)35)57(87)72-18-16-40(76)48(72)59(90)91-29(6)45(69-51(81)38(24-73)65-41(77)20-34(60)58(88)89)54(84)68-44(28(5)74)53(83)64-27(4)50(80)63-23-42(78)71-17-15-39(75)47(71)56(86)70-46/h7-14,19,21-22,25-29,34,38-40,43-49,61-62,73-76,79H,15-18,20,23-24,60H2,1-6H3,(H,63,80)(H,64,83)(H,65,77)(H,66,82)(H,67,85)(H,68,84)(H,69,81)(H,70,86)(H,88,89)/b37-19-/t26?,27-,28+,29+,34?,38-,39-,40-,43-,44-,45+,46+,47-,48-,49?/m0/s1. The number of amides is 10. The number of cyclic esters (lactones) is 1. The number of nitrogens with two attached hydrogens (primary N) is 1. The molecule has 4 aromatic rings. The predicted molar refractivity (Wildman–Crippen MR) is 319 cm³/mol. The van der Waals surface area contributed by atoms with E-state index in [0.717, 1.165) is 30.6 Å². The number of ether oxygens (including phenoxy) is 1. The maximum atomic E-state index is 15.4. The van der Waals surface area contributed by atoms with E-state index >= 15 is 9.59 Å². The van der Waals surface area contributed by atoms with Crippen LogP contribution in [-0.4, -0.2) is 233 Å². The Labute approximate surface area is 519 Å². The monoisotopic (exact) mass is 1270 g/mol. The molecule has 2 aromatic carbocycles. The Hall–Kier alpha value is -9.34. The highest BCUT2D eigenvalue weighted by Crippen LogP contribution is 2.30. The summed E-state index contributed by atoms with van der Waals surface area (Å²) in [6.45, 7) is 5.20. The highest BCUT2D eigenvalue weighted by atomic mass is 16.5. The van der Waals surface area contributed by atoms with E-state index in [1.807, 2.05) is 0 Å². The molecule has 3 saturated heterocycles. The summed E-state index contributed by atoms with van der Waals surface area (Å²) in [5.74, 6) is -16.4. The van der Waals surface area contributed by atoms with Crippen molar-refractivity contribution in [3.8, 4) is 0 Å². The number of rotatable bonds is 13. The number of nitrogens with one attached hydrogen (secondary N) is 10. The van der Waals surface area contributed by atoms with E-state index in [2.05, 4.69) is 52.5 Å². The smallest absolute Gasteiger partial charge is 0.331 e. The lowest BCUT2D eigenvalue weighted by atomic mass is 9.91. The van der Waals surface area contributed by atoms with Gasteiger partial charge >= 0.3 is 11.9 Å². The van der Waals surface area contributed by atoms with Crippen molar-refractivity contribution in [1.29, 1.82) is 0 Å². The molecule has 3 aliphatic rings. The Kier molecular flexibility index (Phi) is 22.8. The Morgan fingerprint density at radius 2 is 1.31 bits per heavy atom. The minimum atomic E-state index is -2.18. The number of carbonyl (C=O) groups excluding carboxylic acids is 11. The van der Waals surface area contributed by atoms with Crippen molar-refractivity contribution in [3.63, 3.8) is 0 Å². The van der Waals surface area contributed by atoms with Crippen molar-refractivity contribution in [2.75, 3.05) is 26.2 Å². The van der Waals surface area contributed by atoms with Crippen LogP contribution in [0.4, 0.5) is 0 Å². The topological polar surface area (TPSA) is 496 Å². The lowest BCUT2D eigenvalue weighted by molar-refractivity contribution is -0.162. The third-order valence-corrected chi connectivity index (χ3v) is 16.2. The number of H-pyrrole nitrogens is 2. The SMILES string of the molecule is CC(C)C(O)[C@H]1NC(=O)[C@@H]2[C@@H](O)CCN2C(=O)CNC(=O)[C@H](C)NC(=O)[C@H]([C@@H](C)O)NC(=O)[C@H](NC(=O)[C@H](CO)NC(=O)CC(N)C(=O)O)[C@@H](C)OC(=O)[C@@H]2[C@@H](O)CCN2C(=O)/C(=C/c2c[nH]c3ccccc23)NC(=O)[C@H](C(C)c2c[nH]c3ccccc23)NC1=O. The number of hydrogen-bond donors (Lipinski definition) is 17. The molecule has 0 saturated carbocycles. The van der Waals surface area contributed by atoms with E-state index < -0.39 is 200 Å². The quantitative estimate of drug-likeness (QED) is 0.0440. The summed E-state index contributed by atoms with van der Waals surface area (Å²) in [7, 11) is 0. The van der Waals surface area contributed by atoms with Gasteiger partial charge in [-0.25, -0.2) is 4.79 Å². The van der Waals surface area contributed by atoms with Crippen LogP contribution >= 0.6 is 0 Å². The molecule has 91 heavy (non-hydrogen) atoms. The van der Waals surface area contributed by atoms with E-state index in [-0.39, 0.29) is 19.4 Å². The minimum Gasteiger partial charge on any atom is -0.480 e. The van der Waals surface area contributed by atoms with E-state index in [9.17, 15) is 78.6 Å². The molecule has 15 atom stereocenters. The van der Waals surface area contributed by atoms with Crippen LogP contribution in [0, 0.1) is 5.92 Å². The highest BCUT2D eigenvalue weighted by molar-refractivity contribution is 6.07. The van der Waals surface area contributed by atoms with Crippen LogP contribution in [-0.2, 0) is 62.3 Å². The maximum Gasteiger partial charge on any atom is 0.331 e. The first-order chi connectivity index (χ1) is 43.0. The third kappa shape index (κ3) is 16.2. The van der Waals surface area contributed by atoms with Crippen LogP contribution in [0.2, 0.25) is 0 Å². The fourth-order valence-electron chi connectivity index (χ4n) is 10.9. The molecule has 5 heterocycles. The number of aromatic nitrogens is 2. The number of aliphatic hydroxyl groups excluding tert-OH is 5. The number of benzene rings is 2. The fourth-order valence-corrected chi connectivity index (χ4v) is 10.9. The first-order valence-electron chi connectivity index (χ1n) is 29.4. The van der Waals surface area contributed by atoms with Gasteiger partial charge in [0.25, 0.3) is 5.91 Å². The number of nitrogens with zero attached hydrogens (tertiary/aromatic N) is 2. The van der Waals surface area contributed by atoms with Crippen molar-refractivity contribution in [3.05, 3.63) is 77.7 Å². The molecule has 0 aliphatic carbocycles. The van der Waals surface area contributed by atoms with Gasteiger partial charge in [0.05, 0.1) is 44.0 Å². The van der Waals surface area contributed by atoms with E-state index in [1.54, 1.807) is 61.7 Å². The van der Waals surface area contributed by atoms with Crippen molar-refractivity contribution < 1.29 is 92.9 Å². The van der Waals surface area contributed by atoms with E-state index in [4.69, 9.17) is 10.5 Å². The van der Waals surface area contributed by atoms with Gasteiger partial charge in [-0.3, -0.25) is 52.7 Å². The zero-order valence-corrected chi connectivity index (χ0v) is 50.5. The van der Waals surface area contributed by atoms with Gasteiger partial charge in [-0.2, -0.15) is 0 Å². The summed E-state index contributed by atoms with van der Waals surface area (Å²) >= 11 is 0. The van der Waals surface area contributed by atoms with E-state index in [1.165, 1.54) is 26.1 Å². The fraction of sp³-hybridized carbons (Fsp3) is 0.492. The Balaban J connectivity index is 1.33. The predicted octanol–water partition coefficient (Wildman–Crippen LogP) is -4.98. The molecule has 7 rings (SSSR count). The number of esters is 1. The first-order valence-corrected chi connectivity index (χ1v) is 29.4. The number of aliphatic carboxylic acids is 1. The number of hydrogen-bond acceptors (Lipinski definition) is 19. The van der Waals surface area contributed by atoms with Gasteiger partial charge in [0.2, 0.25) is 53.2 Å². The summed E-state index contributed by atoms with van der Waals surface area (Å²) in [6, 6.07) is -2.95. The van der Waals surface area contributed by atoms with Gasteiger partial charge in [-0.1, -0.05) is 57.2 Å². The summed E-state index contributed by atoms with van der Waals surface area (Å²) in [4.78, 5) is 176. The van der Waals surface area contributed by atoms with Crippen molar-refractivity contribution in [2.45, 2.75) is 152 Å². The minimum absolute atomic E-state index is 0.166. The highest BCUT2D eigenvalue weighted by Gasteiger charge is 2.48. The zero-order valence-electron chi connectivity index (χ0n) is 50.5. The molecular weight excluding hydrogens is 1190 g/mol. The zero-order chi connectivity index (χ0) is 66.9. The van der Waals surface area contributed by atoms with Gasteiger partial charge in [-0.15, -0.1) is 0 Å². The van der Waals surface area contributed by atoms with Crippen LogP contribution in [0.15, 0.2) is 66.6 Å². The first kappa shape index (κ1) is 69.1. The second-order valence-electron chi connectivity index (χ2n) is 23.1. The molecule has 32 nitrogen and oxygen atoms in total. The average Bonchev–Trinajstić information content (AvgIpc) is 1.99. The number of carboxylic acid groups (broad SMARTS) is 1. The summed E-state index contributed by atoms with van der Waals surface area (Å²) in [5, 5.41) is 84.8. The number of aromatic amines is 2. The largest absolute Gasteiger partial charge is 0.480 e. The molecule has 32 heteroatoms. The molecule has 0 radical (unpaired) electrons.